The van der Waals surface area contributed by atoms with Gasteiger partial charge in [0.1, 0.15) is 0 Å². The van der Waals surface area contributed by atoms with Crippen LogP contribution < -0.4 is 0 Å². The van der Waals surface area contributed by atoms with Crippen molar-refractivity contribution in [2.75, 3.05) is 0 Å². The molecular formula is C6H7ClMgO3S. The first-order valence-electron chi connectivity index (χ1n) is 2.73. The first-order chi connectivity index (χ1) is 5.00. The zero-order chi connectivity index (χ0) is 8.48. The zero-order valence-corrected chi connectivity index (χ0v) is 9.05. The van der Waals surface area contributed by atoms with Crippen LogP contribution in [0.25, 0.3) is 0 Å². The largest absolute Gasteiger partial charge is 2.00 e. The Labute approximate surface area is 94.6 Å². The summed E-state index contributed by atoms with van der Waals surface area (Å²) >= 11 is 5.48. The van der Waals surface area contributed by atoms with Gasteiger partial charge in [0.15, 0.2) is 0 Å². The molecule has 0 amide bonds. The average Bonchev–Trinajstić information content (AvgIpc) is 1.86. The van der Waals surface area contributed by atoms with Gasteiger partial charge in [0.25, 0.3) is 10.1 Å². The summed E-state index contributed by atoms with van der Waals surface area (Å²) in [5.74, 6) is 0. The maximum absolute atomic E-state index is 10.5. The third-order valence-electron chi connectivity index (χ3n) is 1.09. The Kier molecular flexibility index (Phi) is 4.50. The maximum atomic E-state index is 10.5. The van der Waals surface area contributed by atoms with Crippen molar-refractivity contribution in [2.24, 2.45) is 0 Å². The molecule has 0 unspecified atom stereocenters. The van der Waals surface area contributed by atoms with Gasteiger partial charge in [0.05, 0.1) is 4.90 Å². The fraction of sp³-hybridized carbons (Fsp3) is 0. The molecule has 0 fully saturated rings. The van der Waals surface area contributed by atoms with E-state index in [9.17, 15) is 8.42 Å². The molecule has 0 aliphatic rings. The SMILES string of the molecule is O=S(=O)(O)c1cccc(Cl)c1.[H-].[H-].[Mg+2]. The summed E-state index contributed by atoms with van der Waals surface area (Å²) in [6.45, 7) is 0. The van der Waals surface area contributed by atoms with Crippen LogP contribution in [0, 0.1) is 0 Å². The standard InChI is InChI=1S/C6H5ClO3S.Mg.2H/c7-5-2-1-3-6(4-5)11(8,9)10;;;/h1-4H,(H,8,9,10);;;/q;+2;2*-1. The molecule has 12 heavy (non-hydrogen) atoms. The normalized spacial score (nSPS) is 10.5. The van der Waals surface area contributed by atoms with Gasteiger partial charge in [-0.25, -0.2) is 0 Å². The summed E-state index contributed by atoms with van der Waals surface area (Å²) in [5, 5.41) is 0.278. The smallest absolute Gasteiger partial charge is 1.00 e. The fourth-order valence-corrected chi connectivity index (χ4v) is 1.41. The van der Waals surface area contributed by atoms with E-state index in [0.717, 1.165) is 0 Å². The van der Waals surface area contributed by atoms with Crippen LogP contribution in [-0.4, -0.2) is 36.0 Å². The first kappa shape index (κ1) is 12.2. The Bertz CT molecular complexity index is 371. The van der Waals surface area contributed by atoms with Crippen molar-refractivity contribution in [1.29, 1.82) is 0 Å². The molecule has 0 heterocycles. The number of rotatable bonds is 1. The van der Waals surface area contributed by atoms with Gasteiger partial charge in [0, 0.05) is 5.02 Å². The Hall–Kier alpha value is 0.186. The van der Waals surface area contributed by atoms with Crippen molar-refractivity contribution in [3.63, 3.8) is 0 Å². The predicted octanol–water partition coefficient (Wildman–Crippen LogP) is 1.43. The van der Waals surface area contributed by atoms with Gasteiger partial charge >= 0.3 is 23.1 Å². The van der Waals surface area contributed by atoms with Crippen LogP contribution in [0.1, 0.15) is 2.85 Å². The van der Waals surface area contributed by atoms with Crippen LogP contribution in [-0.2, 0) is 10.1 Å². The van der Waals surface area contributed by atoms with Crippen molar-refractivity contribution >= 4 is 44.8 Å². The van der Waals surface area contributed by atoms with Gasteiger partial charge < -0.3 is 2.85 Å². The van der Waals surface area contributed by atoms with Gasteiger partial charge in [-0.1, -0.05) is 17.7 Å². The molecule has 1 aromatic carbocycles. The van der Waals surface area contributed by atoms with Gasteiger partial charge in [-0.05, 0) is 18.2 Å². The van der Waals surface area contributed by atoms with Crippen molar-refractivity contribution in [2.45, 2.75) is 4.90 Å². The van der Waals surface area contributed by atoms with Crippen LogP contribution in [0.3, 0.4) is 0 Å². The summed E-state index contributed by atoms with van der Waals surface area (Å²) in [5.41, 5.74) is 0. The van der Waals surface area contributed by atoms with E-state index in [-0.39, 0.29) is 35.8 Å². The van der Waals surface area contributed by atoms with Crippen molar-refractivity contribution in [3.05, 3.63) is 29.3 Å². The molecule has 0 atom stereocenters. The van der Waals surface area contributed by atoms with E-state index in [1.54, 1.807) is 0 Å². The number of benzene rings is 1. The van der Waals surface area contributed by atoms with Crippen molar-refractivity contribution < 1.29 is 15.8 Å². The minimum absolute atomic E-state index is 0. The van der Waals surface area contributed by atoms with Crippen LogP contribution in [0.5, 0.6) is 0 Å². The zero-order valence-electron chi connectivity index (χ0n) is 8.07. The summed E-state index contributed by atoms with van der Waals surface area (Å²) in [7, 11) is -4.11. The Balaban J connectivity index is -0.000000403. The minimum atomic E-state index is -4.11. The quantitative estimate of drug-likeness (QED) is 0.574. The summed E-state index contributed by atoms with van der Waals surface area (Å²) in [4.78, 5) is -0.190. The second-order valence-electron chi connectivity index (χ2n) is 1.93. The second-order valence-corrected chi connectivity index (χ2v) is 3.79. The van der Waals surface area contributed by atoms with E-state index in [2.05, 4.69) is 0 Å². The Morgan fingerprint density at radius 1 is 1.42 bits per heavy atom. The topological polar surface area (TPSA) is 54.4 Å². The summed E-state index contributed by atoms with van der Waals surface area (Å²) in [6, 6.07) is 5.42. The molecule has 6 heteroatoms. The van der Waals surface area contributed by atoms with E-state index < -0.39 is 10.1 Å². The molecule has 0 aliphatic carbocycles. The summed E-state index contributed by atoms with van der Waals surface area (Å²) < 4.78 is 29.5. The molecule has 0 saturated heterocycles. The fourth-order valence-electron chi connectivity index (χ4n) is 0.627. The molecular weight excluding hydrogens is 212 g/mol. The van der Waals surface area contributed by atoms with Crippen LogP contribution in [0.4, 0.5) is 0 Å². The third-order valence-corrected chi connectivity index (χ3v) is 2.18. The van der Waals surface area contributed by atoms with Crippen LogP contribution in [0.15, 0.2) is 29.2 Å². The van der Waals surface area contributed by atoms with E-state index in [0.29, 0.717) is 0 Å². The molecule has 0 aromatic heterocycles. The van der Waals surface area contributed by atoms with Gasteiger partial charge in [-0.15, -0.1) is 0 Å². The number of hydrogen-bond acceptors (Lipinski definition) is 2. The molecule has 0 saturated carbocycles. The average molecular weight is 219 g/mol. The molecule has 1 rings (SSSR count). The molecule has 1 N–H and O–H groups in total. The second kappa shape index (κ2) is 4.43. The van der Waals surface area contributed by atoms with E-state index in [1.807, 2.05) is 0 Å². The molecule has 0 spiro atoms. The Morgan fingerprint density at radius 3 is 2.33 bits per heavy atom. The molecule has 0 aliphatic heterocycles. The van der Waals surface area contributed by atoms with Gasteiger partial charge in [0.2, 0.25) is 0 Å². The van der Waals surface area contributed by atoms with E-state index >= 15 is 0 Å². The third kappa shape index (κ3) is 3.28. The molecule has 64 valence electrons. The van der Waals surface area contributed by atoms with E-state index in [1.165, 1.54) is 24.3 Å². The van der Waals surface area contributed by atoms with E-state index in [4.69, 9.17) is 16.2 Å². The molecule has 0 bridgehead atoms. The maximum Gasteiger partial charge on any atom is 2.00 e. The molecule has 0 radical (unpaired) electrons. The van der Waals surface area contributed by atoms with Crippen LogP contribution in [0.2, 0.25) is 5.02 Å². The monoisotopic (exact) mass is 218 g/mol. The van der Waals surface area contributed by atoms with Gasteiger partial charge in [-0.3, -0.25) is 4.55 Å². The van der Waals surface area contributed by atoms with Gasteiger partial charge in [-0.2, -0.15) is 8.42 Å². The predicted molar refractivity (Wildman–Crippen MR) is 49.2 cm³/mol. The number of hydrogen-bond donors (Lipinski definition) is 1. The molecule has 3 nitrogen and oxygen atoms in total. The Morgan fingerprint density at radius 2 is 2.00 bits per heavy atom. The van der Waals surface area contributed by atoms with Crippen molar-refractivity contribution in [3.8, 4) is 0 Å². The molecule has 1 aromatic rings. The van der Waals surface area contributed by atoms with Crippen LogP contribution >= 0.6 is 11.6 Å². The number of halogens is 1. The minimum Gasteiger partial charge on any atom is -1.00 e. The summed E-state index contributed by atoms with van der Waals surface area (Å²) in [6.07, 6.45) is 0. The van der Waals surface area contributed by atoms with Crippen molar-refractivity contribution in [1.82, 2.24) is 0 Å². The first-order valence-corrected chi connectivity index (χ1v) is 4.55.